The molecule has 1 fully saturated rings. The molecule has 0 aliphatic carbocycles. The van der Waals surface area contributed by atoms with Crippen LogP contribution in [0.2, 0.25) is 0 Å². The molecule has 0 aromatic rings. The van der Waals surface area contributed by atoms with Gasteiger partial charge < -0.3 is 14.2 Å². The maximum atomic E-state index is 5.81. The molecule has 0 aromatic heterocycles. The third-order valence-corrected chi connectivity index (χ3v) is 3.17. The fourth-order valence-electron chi connectivity index (χ4n) is 2.19. The fourth-order valence-corrected chi connectivity index (χ4v) is 2.19. The van der Waals surface area contributed by atoms with Crippen LogP contribution in [-0.2, 0) is 14.2 Å². The van der Waals surface area contributed by atoms with E-state index >= 15 is 0 Å². The summed E-state index contributed by atoms with van der Waals surface area (Å²) in [6, 6.07) is 0. The molecular formula is C13H22O3. The molecule has 3 atom stereocenters. The first-order valence-corrected chi connectivity index (χ1v) is 5.64. The van der Waals surface area contributed by atoms with Gasteiger partial charge in [-0.3, -0.25) is 0 Å². The van der Waals surface area contributed by atoms with Gasteiger partial charge in [-0.1, -0.05) is 12.2 Å². The quantitative estimate of drug-likeness (QED) is 0.492. The number of hydrogen-bond acceptors (Lipinski definition) is 3. The first kappa shape index (κ1) is 13.4. The summed E-state index contributed by atoms with van der Waals surface area (Å²) in [6.45, 7) is 11.3. The highest BCUT2D eigenvalue weighted by atomic mass is 16.5. The van der Waals surface area contributed by atoms with Crippen LogP contribution in [0.5, 0.6) is 0 Å². The van der Waals surface area contributed by atoms with E-state index in [1.54, 1.807) is 13.2 Å². The van der Waals surface area contributed by atoms with E-state index in [9.17, 15) is 0 Å². The van der Waals surface area contributed by atoms with Crippen molar-refractivity contribution in [1.29, 1.82) is 0 Å². The van der Waals surface area contributed by atoms with Gasteiger partial charge in [0.25, 0.3) is 0 Å². The minimum Gasteiger partial charge on any atom is -0.384 e. The zero-order valence-corrected chi connectivity index (χ0v) is 10.3. The van der Waals surface area contributed by atoms with Crippen molar-refractivity contribution in [3.8, 4) is 0 Å². The highest BCUT2D eigenvalue weighted by Gasteiger charge is 2.45. The maximum absolute atomic E-state index is 5.81. The van der Waals surface area contributed by atoms with Crippen LogP contribution in [0.15, 0.2) is 25.3 Å². The SMILES string of the molecule is C=CCOCC1(COC)CC(C=C)OC1C. The highest BCUT2D eigenvalue weighted by molar-refractivity contribution is 4.99. The summed E-state index contributed by atoms with van der Waals surface area (Å²) in [5, 5.41) is 0. The van der Waals surface area contributed by atoms with E-state index in [2.05, 4.69) is 20.1 Å². The van der Waals surface area contributed by atoms with Gasteiger partial charge in [-0.05, 0) is 13.3 Å². The summed E-state index contributed by atoms with van der Waals surface area (Å²) in [4.78, 5) is 0. The van der Waals surface area contributed by atoms with Gasteiger partial charge in [-0.25, -0.2) is 0 Å². The molecule has 0 spiro atoms. The molecule has 0 saturated carbocycles. The molecule has 3 unspecified atom stereocenters. The Labute approximate surface area is 98.1 Å². The number of ether oxygens (including phenoxy) is 3. The van der Waals surface area contributed by atoms with Crippen LogP contribution in [0, 0.1) is 5.41 Å². The number of hydrogen-bond donors (Lipinski definition) is 0. The monoisotopic (exact) mass is 226 g/mol. The third-order valence-electron chi connectivity index (χ3n) is 3.17. The Hall–Kier alpha value is -0.640. The van der Waals surface area contributed by atoms with Crippen LogP contribution in [0.4, 0.5) is 0 Å². The summed E-state index contributed by atoms with van der Waals surface area (Å²) in [5.74, 6) is 0. The van der Waals surface area contributed by atoms with Crippen molar-refractivity contribution < 1.29 is 14.2 Å². The summed E-state index contributed by atoms with van der Waals surface area (Å²) < 4.78 is 16.7. The summed E-state index contributed by atoms with van der Waals surface area (Å²) in [5.41, 5.74) is -0.0589. The third kappa shape index (κ3) is 2.94. The second-order valence-electron chi connectivity index (χ2n) is 4.36. The zero-order valence-electron chi connectivity index (χ0n) is 10.3. The van der Waals surface area contributed by atoms with E-state index in [4.69, 9.17) is 14.2 Å². The van der Waals surface area contributed by atoms with Crippen molar-refractivity contribution in [2.45, 2.75) is 25.6 Å². The van der Waals surface area contributed by atoms with Crippen molar-refractivity contribution >= 4 is 0 Å². The van der Waals surface area contributed by atoms with Crippen molar-refractivity contribution in [2.75, 3.05) is 26.9 Å². The fraction of sp³-hybridized carbons (Fsp3) is 0.692. The Balaban J connectivity index is 2.63. The Bertz CT molecular complexity index is 239. The summed E-state index contributed by atoms with van der Waals surface area (Å²) in [7, 11) is 1.71. The predicted octanol–water partition coefficient (Wildman–Crippen LogP) is 2.19. The van der Waals surface area contributed by atoms with Crippen LogP contribution in [-0.4, -0.2) is 39.1 Å². The Morgan fingerprint density at radius 2 is 2.19 bits per heavy atom. The van der Waals surface area contributed by atoms with Crippen molar-refractivity contribution in [2.24, 2.45) is 5.41 Å². The minimum atomic E-state index is -0.0589. The van der Waals surface area contributed by atoms with Crippen molar-refractivity contribution in [1.82, 2.24) is 0 Å². The van der Waals surface area contributed by atoms with E-state index in [-0.39, 0.29) is 17.6 Å². The standard InChI is InChI=1S/C13H22O3/c1-5-7-15-10-13(9-14-4)8-12(6-2)16-11(13)3/h5-6,11-12H,1-2,7-10H2,3-4H3. The second kappa shape index (κ2) is 6.18. The smallest absolute Gasteiger partial charge is 0.0765 e. The molecule has 16 heavy (non-hydrogen) atoms. The van der Waals surface area contributed by atoms with Crippen LogP contribution >= 0.6 is 0 Å². The van der Waals surface area contributed by atoms with Gasteiger partial charge in [0.2, 0.25) is 0 Å². The van der Waals surface area contributed by atoms with Gasteiger partial charge in [0.1, 0.15) is 0 Å². The van der Waals surface area contributed by atoms with Crippen LogP contribution in [0.25, 0.3) is 0 Å². The first-order chi connectivity index (χ1) is 7.68. The van der Waals surface area contributed by atoms with E-state index in [0.29, 0.717) is 19.8 Å². The minimum absolute atomic E-state index is 0.0589. The molecule has 0 bridgehead atoms. The molecule has 1 rings (SSSR count). The molecular weight excluding hydrogens is 204 g/mol. The largest absolute Gasteiger partial charge is 0.384 e. The molecule has 1 aliphatic rings. The van der Waals surface area contributed by atoms with E-state index < -0.39 is 0 Å². The average molecular weight is 226 g/mol. The number of methoxy groups -OCH3 is 1. The molecule has 92 valence electrons. The molecule has 3 heteroatoms. The van der Waals surface area contributed by atoms with Gasteiger partial charge in [-0.2, -0.15) is 0 Å². The normalized spacial score (nSPS) is 33.9. The van der Waals surface area contributed by atoms with Crippen molar-refractivity contribution in [3.05, 3.63) is 25.3 Å². The molecule has 0 N–H and O–H groups in total. The topological polar surface area (TPSA) is 27.7 Å². The van der Waals surface area contributed by atoms with Gasteiger partial charge in [0.05, 0.1) is 32.0 Å². The first-order valence-electron chi connectivity index (χ1n) is 5.64. The lowest BCUT2D eigenvalue weighted by atomic mass is 9.82. The maximum Gasteiger partial charge on any atom is 0.0765 e. The average Bonchev–Trinajstić information content (AvgIpc) is 2.57. The lowest BCUT2D eigenvalue weighted by Crippen LogP contribution is -2.38. The van der Waals surface area contributed by atoms with Gasteiger partial charge in [0.15, 0.2) is 0 Å². The molecule has 0 radical (unpaired) electrons. The van der Waals surface area contributed by atoms with Gasteiger partial charge in [-0.15, -0.1) is 13.2 Å². The molecule has 1 heterocycles. The molecule has 3 nitrogen and oxygen atoms in total. The summed E-state index contributed by atoms with van der Waals surface area (Å²) >= 11 is 0. The summed E-state index contributed by atoms with van der Waals surface area (Å²) in [6.07, 6.45) is 4.74. The Morgan fingerprint density at radius 3 is 2.69 bits per heavy atom. The zero-order chi connectivity index (χ0) is 12.0. The van der Waals surface area contributed by atoms with Gasteiger partial charge >= 0.3 is 0 Å². The van der Waals surface area contributed by atoms with Crippen LogP contribution < -0.4 is 0 Å². The lowest BCUT2D eigenvalue weighted by Gasteiger charge is -2.30. The molecule has 0 aromatic carbocycles. The van der Waals surface area contributed by atoms with Gasteiger partial charge in [0, 0.05) is 12.5 Å². The van der Waals surface area contributed by atoms with E-state index in [0.717, 1.165) is 6.42 Å². The highest BCUT2D eigenvalue weighted by Crippen LogP contribution is 2.39. The molecule has 1 aliphatic heterocycles. The second-order valence-corrected chi connectivity index (χ2v) is 4.36. The van der Waals surface area contributed by atoms with E-state index in [1.807, 2.05) is 6.08 Å². The van der Waals surface area contributed by atoms with Crippen molar-refractivity contribution in [3.63, 3.8) is 0 Å². The lowest BCUT2D eigenvalue weighted by molar-refractivity contribution is -0.0445. The Kier molecular flexibility index (Phi) is 5.19. The van der Waals surface area contributed by atoms with Crippen LogP contribution in [0.3, 0.4) is 0 Å². The predicted molar refractivity (Wildman–Crippen MR) is 64.5 cm³/mol. The molecule has 1 saturated heterocycles. The Morgan fingerprint density at radius 1 is 1.44 bits per heavy atom. The number of rotatable bonds is 7. The van der Waals surface area contributed by atoms with E-state index in [1.165, 1.54) is 0 Å². The molecule has 0 amide bonds. The van der Waals surface area contributed by atoms with Crippen LogP contribution in [0.1, 0.15) is 13.3 Å².